The number of nitrogens with zero attached hydrogens (tertiary/aromatic N) is 1. The second-order valence-corrected chi connectivity index (χ2v) is 7.34. The van der Waals surface area contributed by atoms with E-state index < -0.39 is 18.5 Å². The van der Waals surface area contributed by atoms with Crippen molar-refractivity contribution in [2.75, 3.05) is 18.5 Å². The number of likely N-dealkylation sites (tertiary alicyclic amines) is 1. The van der Waals surface area contributed by atoms with Crippen molar-refractivity contribution < 1.29 is 23.9 Å². The van der Waals surface area contributed by atoms with E-state index in [9.17, 15) is 19.2 Å². The van der Waals surface area contributed by atoms with E-state index in [1.807, 2.05) is 19.1 Å². The van der Waals surface area contributed by atoms with Crippen molar-refractivity contribution in [2.45, 2.75) is 26.2 Å². The zero-order valence-electron chi connectivity index (χ0n) is 15.4. The Labute approximate surface area is 167 Å². The molecule has 8 heteroatoms. The van der Waals surface area contributed by atoms with Gasteiger partial charge in [-0.2, -0.15) is 0 Å². The molecule has 0 aromatic heterocycles. The summed E-state index contributed by atoms with van der Waals surface area (Å²) in [5, 5.41) is 3.11. The molecule has 1 aromatic rings. The molecule has 1 heterocycles. The van der Waals surface area contributed by atoms with Gasteiger partial charge in [0.25, 0.3) is 5.91 Å². The Kier molecular flexibility index (Phi) is 6.14. The van der Waals surface area contributed by atoms with Gasteiger partial charge in [-0.15, -0.1) is 0 Å². The summed E-state index contributed by atoms with van der Waals surface area (Å²) in [6.45, 7) is 1.33. The van der Waals surface area contributed by atoms with Crippen LogP contribution in [0.15, 0.2) is 30.4 Å². The Morgan fingerprint density at radius 1 is 1.18 bits per heavy atom. The molecular weight excluding hydrogens is 384 g/mol. The average molecular weight is 405 g/mol. The van der Waals surface area contributed by atoms with Crippen LogP contribution in [0.5, 0.6) is 0 Å². The van der Waals surface area contributed by atoms with Crippen LogP contribution in [0.1, 0.15) is 24.8 Å². The number of hydrogen-bond donors (Lipinski definition) is 1. The number of nitrogens with one attached hydrogen (secondary N) is 1. The second-order valence-electron chi connectivity index (χ2n) is 6.90. The largest absolute Gasteiger partial charge is 0.456 e. The monoisotopic (exact) mass is 404 g/mol. The molecule has 148 valence electrons. The molecule has 0 unspecified atom stereocenters. The van der Waals surface area contributed by atoms with Crippen LogP contribution in [0, 0.1) is 18.8 Å². The molecule has 0 radical (unpaired) electrons. The topological polar surface area (TPSA) is 92.8 Å². The van der Waals surface area contributed by atoms with Gasteiger partial charge in [-0.05, 0) is 37.5 Å². The van der Waals surface area contributed by atoms with Crippen LogP contribution in [-0.4, -0.2) is 41.7 Å². The summed E-state index contributed by atoms with van der Waals surface area (Å²) in [6, 6.07) is 5.08. The molecule has 1 aromatic carbocycles. The molecule has 1 fully saturated rings. The van der Waals surface area contributed by atoms with E-state index in [0.29, 0.717) is 23.6 Å². The van der Waals surface area contributed by atoms with Crippen LogP contribution < -0.4 is 5.32 Å². The van der Waals surface area contributed by atoms with E-state index in [1.165, 1.54) is 0 Å². The van der Waals surface area contributed by atoms with Crippen molar-refractivity contribution in [2.24, 2.45) is 11.8 Å². The fourth-order valence-corrected chi connectivity index (χ4v) is 3.60. The summed E-state index contributed by atoms with van der Waals surface area (Å²) >= 11 is 5.90. The summed E-state index contributed by atoms with van der Waals surface area (Å²) < 4.78 is 4.95. The molecule has 1 aliphatic carbocycles. The van der Waals surface area contributed by atoms with Gasteiger partial charge < -0.3 is 10.1 Å². The molecule has 3 amide bonds. The molecule has 3 rings (SSSR count). The standard InChI is InChI=1S/C20H21ClN2O5/c1-12-6-7-13(21)10-16(12)22-17(24)11-28-18(25)8-9-23-19(26)14-4-2-3-5-15(14)20(23)27/h2-3,6-7,10,14-15H,4-5,8-9,11H2,1H3,(H,22,24)/t14-,15-/m0/s1. The SMILES string of the molecule is Cc1ccc(Cl)cc1NC(=O)COC(=O)CCN1C(=O)[C@H]2CC=CC[C@@H]2C1=O. The lowest BCUT2D eigenvalue weighted by molar-refractivity contribution is -0.148. The Morgan fingerprint density at radius 3 is 2.46 bits per heavy atom. The van der Waals surface area contributed by atoms with E-state index in [-0.39, 0.29) is 36.6 Å². The van der Waals surface area contributed by atoms with Gasteiger partial charge in [-0.25, -0.2) is 0 Å². The molecule has 0 bridgehead atoms. The lowest BCUT2D eigenvalue weighted by Crippen LogP contribution is -2.33. The number of ether oxygens (including phenoxy) is 1. The van der Waals surface area contributed by atoms with Gasteiger partial charge in [-0.3, -0.25) is 24.1 Å². The number of benzene rings is 1. The molecule has 0 spiro atoms. The van der Waals surface area contributed by atoms with Crippen LogP contribution in [-0.2, 0) is 23.9 Å². The van der Waals surface area contributed by atoms with E-state index >= 15 is 0 Å². The van der Waals surface area contributed by atoms with E-state index in [4.69, 9.17) is 16.3 Å². The van der Waals surface area contributed by atoms with Crippen molar-refractivity contribution in [3.05, 3.63) is 40.9 Å². The molecular formula is C20H21ClN2O5. The van der Waals surface area contributed by atoms with Gasteiger partial charge in [0.2, 0.25) is 11.8 Å². The highest BCUT2D eigenvalue weighted by Crippen LogP contribution is 2.35. The first-order valence-electron chi connectivity index (χ1n) is 9.08. The molecule has 7 nitrogen and oxygen atoms in total. The van der Waals surface area contributed by atoms with Crippen LogP contribution in [0.25, 0.3) is 0 Å². The number of imide groups is 1. The van der Waals surface area contributed by atoms with Crippen LogP contribution in [0.4, 0.5) is 5.69 Å². The predicted molar refractivity (Wildman–Crippen MR) is 102 cm³/mol. The van der Waals surface area contributed by atoms with E-state index in [0.717, 1.165) is 10.5 Å². The molecule has 0 saturated carbocycles. The maximum Gasteiger partial charge on any atom is 0.308 e. The molecule has 1 aliphatic heterocycles. The number of halogens is 1. The number of esters is 1. The van der Waals surface area contributed by atoms with Crippen molar-refractivity contribution in [1.29, 1.82) is 0 Å². The van der Waals surface area contributed by atoms with Crippen molar-refractivity contribution in [3.63, 3.8) is 0 Å². The third kappa shape index (κ3) is 4.42. The Balaban J connectivity index is 1.45. The minimum absolute atomic E-state index is 0.0292. The number of aryl methyl sites for hydroxylation is 1. The summed E-state index contributed by atoms with van der Waals surface area (Å²) in [5.74, 6) is -2.25. The fraction of sp³-hybridized carbons (Fsp3) is 0.400. The van der Waals surface area contributed by atoms with Crippen molar-refractivity contribution >= 4 is 41.0 Å². The Hall–Kier alpha value is -2.67. The zero-order valence-corrected chi connectivity index (χ0v) is 16.2. The molecule has 1 N–H and O–H groups in total. The number of hydrogen-bond acceptors (Lipinski definition) is 5. The Morgan fingerprint density at radius 2 is 1.82 bits per heavy atom. The minimum atomic E-state index is -0.647. The number of carbonyl (C=O) groups excluding carboxylic acids is 4. The van der Waals surface area contributed by atoms with Gasteiger partial charge in [0.15, 0.2) is 6.61 Å². The number of allylic oxidation sites excluding steroid dienone is 2. The molecule has 2 aliphatic rings. The summed E-state index contributed by atoms with van der Waals surface area (Å²) in [7, 11) is 0. The first-order valence-corrected chi connectivity index (χ1v) is 9.46. The maximum absolute atomic E-state index is 12.3. The van der Waals surface area contributed by atoms with E-state index in [2.05, 4.69) is 5.32 Å². The quantitative estimate of drug-likeness (QED) is 0.446. The third-order valence-electron chi connectivity index (χ3n) is 4.98. The number of rotatable bonds is 6. The van der Waals surface area contributed by atoms with Gasteiger partial charge in [-0.1, -0.05) is 29.8 Å². The van der Waals surface area contributed by atoms with Gasteiger partial charge in [0.1, 0.15) is 0 Å². The highest BCUT2D eigenvalue weighted by Gasteiger charge is 2.46. The number of anilines is 1. The third-order valence-corrected chi connectivity index (χ3v) is 5.21. The highest BCUT2D eigenvalue weighted by atomic mass is 35.5. The lowest BCUT2D eigenvalue weighted by Gasteiger charge is -2.14. The van der Waals surface area contributed by atoms with Crippen molar-refractivity contribution in [1.82, 2.24) is 4.90 Å². The number of amides is 3. The molecule has 2 atom stereocenters. The minimum Gasteiger partial charge on any atom is -0.456 e. The van der Waals surface area contributed by atoms with Gasteiger partial charge in [0.05, 0.1) is 18.3 Å². The molecule has 1 saturated heterocycles. The number of carbonyl (C=O) groups is 4. The number of fused-ring (bicyclic) bond motifs is 1. The second kappa shape index (κ2) is 8.56. The normalized spacial score (nSPS) is 20.9. The zero-order chi connectivity index (χ0) is 20.3. The summed E-state index contributed by atoms with van der Waals surface area (Å²) in [4.78, 5) is 49.7. The lowest BCUT2D eigenvalue weighted by atomic mass is 9.85. The maximum atomic E-state index is 12.3. The summed E-state index contributed by atoms with van der Waals surface area (Å²) in [6.07, 6.45) is 4.78. The predicted octanol–water partition coefficient (Wildman–Crippen LogP) is 2.47. The molecule has 28 heavy (non-hydrogen) atoms. The smallest absolute Gasteiger partial charge is 0.308 e. The van der Waals surface area contributed by atoms with Gasteiger partial charge in [0, 0.05) is 17.3 Å². The fourth-order valence-electron chi connectivity index (χ4n) is 3.43. The van der Waals surface area contributed by atoms with Crippen LogP contribution >= 0.6 is 11.6 Å². The van der Waals surface area contributed by atoms with E-state index in [1.54, 1.807) is 18.2 Å². The highest BCUT2D eigenvalue weighted by molar-refractivity contribution is 6.31. The van der Waals surface area contributed by atoms with Gasteiger partial charge >= 0.3 is 5.97 Å². The van der Waals surface area contributed by atoms with Crippen LogP contribution in [0.2, 0.25) is 5.02 Å². The van der Waals surface area contributed by atoms with Crippen molar-refractivity contribution in [3.8, 4) is 0 Å². The van der Waals surface area contributed by atoms with Crippen LogP contribution in [0.3, 0.4) is 0 Å². The first kappa shape index (κ1) is 20.1. The summed E-state index contributed by atoms with van der Waals surface area (Å²) in [5.41, 5.74) is 1.36. The first-order chi connectivity index (χ1) is 13.4. The Bertz CT molecular complexity index is 825. The average Bonchev–Trinajstić information content (AvgIpc) is 2.92.